The van der Waals surface area contributed by atoms with Crippen LogP contribution in [0.3, 0.4) is 0 Å². The Hall–Kier alpha value is -3.75. The van der Waals surface area contributed by atoms with Crippen molar-refractivity contribution < 1.29 is 22.8 Å². The third kappa shape index (κ3) is 5.67. The van der Waals surface area contributed by atoms with Gasteiger partial charge in [0, 0.05) is 36.9 Å². The van der Waals surface area contributed by atoms with E-state index < -0.39 is 42.2 Å². The van der Waals surface area contributed by atoms with E-state index in [9.17, 15) is 18.4 Å². The molecule has 1 atom stereocenters. The maximum Gasteiger partial charge on any atom is 0.255 e. The summed E-state index contributed by atoms with van der Waals surface area (Å²) in [7, 11) is 0. The maximum absolute atomic E-state index is 15.4. The summed E-state index contributed by atoms with van der Waals surface area (Å²) in [5.41, 5.74) is -1.90. The zero-order chi connectivity index (χ0) is 25.1. The highest BCUT2D eigenvalue weighted by Gasteiger charge is 2.57. The number of H-pyrrole nitrogens is 1. The lowest BCUT2D eigenvalue weighted by molar-refractivity contribution is -0.129. The van der Waals surface area contributed by atoms with Crippen LogP contribution in [0.15, 0.2) is 40.8 Å². The number of rotatable bonds is 12. The molecule has 0 bridgehead atoms. The average Bonchev–Trinajstić information content (AvgIpc) is 3.73. The predicted octanol–water partition coefficient (Wildman–Crippen LogP) is 3.13. The fraction of sp³-hybridized carbons (Fsp3) is 0.478. The number of nitrogens with one attached hydrogen (secondary N) is 2. The number of amides is 2. The number of benzene rings is 1. The van der Waals surface area contributed by atoms with E-state index in [1.165, 1.54) is 18.5 Å². The van der Waals surface area contributed by atoms with E-state index in [0.717, 1.165) is 4.90 Å². The summed E-state index contributed by atoms with van der Waals surface area (Å²) in [5.74, 6) is 1.44. The van der Waals surface area contributed by atoms with Gasteiger partial charge in [-0.1, -0.05) is 12.1 Å². The standard InChI is InChI=1S/C23H24F3N7O2/c1-2-3-8-23(31-32-23)11-12-33(18(22(26)9-10-22)20(34)27-13-17(24)25)21(35)16-6-4-15(5-7-16)19-28-14-29-30-19/h1,4-7,14,17-18H,3,8-13H2,(H,27,34)(H,28,29,30). The molecular formula is C23H24F3N7O2. The Balaban J connectivity index is 1.59. The third-order valence-corrected chi connectivity index (χ3v) is 6.10. The minimum Gasteiger partial charge on any atom is -0.348 e. The molecule has 1 aliphatic heterocycles. The number of hydrogen-bond donors (Lipinski definition) is 2. The lowest BCUT2D eigenvalue weighted by Gasteiger charge is -2.34. The summed E-state index contributed by atoms with van der Waals surface area (Å²) >= 11 is 0. The number of aromatic nitrogens is 3. The normalized spacial score (nSPS) is 17.5. The first-order valence-corrected chi connectivity index (χ1v) is 11.2. The Morgan fingerprint density at radius 2 is 1.91 bits per heavy atom. The van der Waals surface area contributed by atoms with E-state index in [0.29, 0.717) is 24.2 Å². The second-order valence-electron chi connectivity index (χ2n) is 8.62. The number of carbonyl (C=O) groups is 2. The van der Waals surface area contributed by atoms with Crippen LogP contribution in [0.1, 0.15) is 42.5 Å². The summed E-state index contributed by atoms with van der Waals surface area (Å²) in [6, 6.07) is 4.77. The first-order chi connectivity index (χ1) is 16.8. The molecular weight excluding hydrogens is 463 g/mol. The van der Waals surface area contributed by atoms with Gasteiger partial charge in [0.25, 0.3) is 12.3 Å². The molecule has 2 aromatic rings. The predicted molar refractivity (Wildman–Crippen MR) is 119 cm³/mol. The first-order valence-electron chi connectivity index (χ1n) is 11.2. The lowest BCUT2D eigenvalue weighted by atomic mass is 10.0. The zero-order valence-electron chi connectivity index (χ0n) is 18.8. The van der Waals surface area contributed by atoms with Gasteiger partial charge in [0.05, 0.1) is 6.54 Å². The highest BCUT2D eigenvalue weighted by molar-refractivity contribution is 5.98. The molecule has 1 aromatic heterocycles. The fourth-order valence-electron chi connectivity index (χ4n) is 3.92. The lowest BCUT2D eigenvalue weighted by Crippen LogP contribution is -2.56. The Bertz CT molecular complexity index is 1120. The number of aromatic amines is 1. The number of terminal acetylenes is 1. The van der Waals surface area contributed by atoms with Crippen LogP contribution in [0.25, 0.3) is 11.4 Å². The summed E-state index contributed by atoms with van der Waals surface area (Å²) in [6.45, 7) is -0.991. The molecule has 184 valence electrons. The number of carbonyl (C=O) groups excluding carboxylic acids is 2. The number of alkyl halides is 3. The van der Waals surface area contributed by atoms with Gasteiger partial charge in [0.2, 0.25) is 5.91 Å². The molecule has 12 heteroatoms. The average molecular weight is 487 g/mol. The molecule has 2 amide bonds. The van der Waals surface area contributed by atoms with Gasteiger partial charge in [-0.15, -0.1) is 12.3 Å². The van der Waals surface area contributed by atoms with Gasteiger partial charge in [0.1, 0.15) is 18.0 Å². The monoisotopic (exact) mass is 487 g/mol. The van der Waals surface area contributed by atoms with Crippen molar-refractivity contribution in [2.75, 3.05) is 13.1 Å². The molecule has 4 rings (SSSR count). The molecule has 0 spiro atoms. The van der Waals surface area contributed by atoms with Crippen LogP contribution in [-0.2, 0) is 4.79 Å². The van der Waals surface area contributed by atoms with Gasteiger partial charge in [0.15, 0.2) is 11.5 Å². The van der Waals surface area contributed by atoms with Crippen LogP contribution in [0.5, 0.6) is 0 Å². The molecule has 1 aliphatic carbocycles. The molecule has 1 saturated carbocycles. The third-order valence-electron chi connectivity index (χ3n) is 6.10. The van der Waals surface area contributed by atoms with Crippen LogP contribution >= 0.6 is 0 Å². The summed E-state index contributed by atoms with van der Waals surface area (Å²) < 4.78 is 40.9. The number of hydrogen-bond acceptors (Lipinski definition) is 6. The summed E-state index contributed by atoms with van der Waals surface area (Å²) in [4.78, 5) is 31.6. The van der Waals surface area contributed by atoms with Gasteiger partial charge in [-0.05, 0) is 25.0 Å². The van der Waals surface area contributed by atoms with E-state index in [1.807, 2.05) is 0 Å². The minimum atomic E-state index is -2.81. The van der Waals surface area contributed by atoms with Crippen molar-refractivity contribution in [1.29, 1.82) is 0 Å². The molecule has 1 fully saturated rings. The molecule has 0 radical (unpaired) electrons. The van der Waals surface area contributed by atoms with E-state index >= 15 is 4.39 Å². The Kier molecular flexibility index (Phi) is 6.86. The molecule has 35 heavy (non-hydrogen) atoms. The number of halogens is 3. The molecule has 9 nitrogen and oxygen atoms in total. The van der Waals surface area contributed by atoms with Crippen molar-refractivity contribution in [3.05, 3.63) is 36.2 Å². The zero-order valence-corrected chi connectivity index (χ0v) is 18.8. The highest BCUT2D eigenvalue weighted by atomic mass is 19.3. The van der Waals surface area contributed by atoms with Crippen molar-refractivity contribution in [2.45, 2.75) is 55.9 Å². The van der Waals surface area contributed by atoms with Crippen LogP contribution < -0.4 is 5.32 Å². The van der Waals surface area contributed by atoms with Crippen molar-refractivity contribution in [3.8, 4) is 23.7 Å². The van der Waals surface area contributed by atoms with E-state index in [4.69, 9.17) is 6.42 Å². The van der Waals surface area contributed by atoms with Crippen molar-refractivity contribution >= 4 is 11.8 Å². The van der Waals surface area contributed by atoms with Gasteiger partial charge in [-0.25, -0.2) is 18.2 Å². The number of nitrogens with zero attached hydrogens (tertiary/aromatic N) is 5. The Morgan fingerprint density at radius 3 is 2.46 bits per heavy atom. The topological polar surface area (TPSA) is 116 Å². The Morgan fingerprint density at radius 1 is 1.20 bits per heavy atom. The molecule has 0 saturated heterocycles. The van der Waals surface area contributed by atoms with Gasteiger partial charge in [-0.2, -0.15) is 15.3 Å². The first kappa shape index (κ1) is 24.4. The van der Waals surface area contributed by atoms with E-state index in [2.05, 4.69) is 36.6 Å². The van der Waals surface area contributed by atoms with Gasteiger partial charge < -0.3 is 10.2 Å². The van der Waals surface area contributed by atoms with Crippen molar-refractivity contribution in [2.24, 2.45) is 10.2 Å². The largest absolute Gasteiger partial charge is 0.348 e. The van der Waals surface area contributed by atoms with Gasteiger partial charge >= 0.3 is 0 Å². The molecule has 2 aliphatic rings. The second-order valence-corrected chi connectivity index (χ2v) is 8.62. The second kappa shape index (κ2) is 9.85. The van der Waals surface area contributed by atoms with Gasteiger partial charge in [-0.3, -0.25) is 14.7 Å². The maximum atomic E-state index is 15.4. The van der Waals surface area contributed by atoms with E-state index in [-0.39, 0.29) is 31.4 Å². The van der Waals surface area contributed by atoms with Crippen LogP contribution in [0.2, 0.25) is 0 Å². The molecule has 1 unspecified atom stereocenters. The van der Waals surface area contributed by atoms with Crippen LogP contribution in [-0.4, -0.2) is 68.8 Å². The van der Waals surface area contributed by atoms with Crippen LogP contribution in [0.4, 0.5) is 13.2 Å². The molecule has 2 heterocycles. The smallest absolute Gasteiger partial charge is 0.255 e. The molecule has 1 aromatic carbocycles. The van der Waals surface area contributed by atoms with E-state index in [1.54, 1.807) is 12.1 Å². The molecule has 2 N–H and O–H groups in total. The Labute approximate surface area is 199 Å². The quantitative estimate of drug-likeness (QED) is 0.448. The summed E-state index contributed by atoms with van der Waals surface area (Å²) in [6.07, 6.45) is 5.06. The SMILES string of the molecule is C#CCCC1(CCN(C(=O)c2ccc(-c3ncn[nH]3)cc2)C(C(=O)NCC(F)F)C2(F)CC2)N=N1. The van der Waals surface area contributed by atoms with Crippen molar-refractivity contribution in [1.82, 2.24) is 25.4 Å². The minimum absolute atomic E-state index is 0.0466. The summed E-state index contributed by atoms with van der Waals surface area (Å²) in [5, 5.41) is 16.7. The van der Waals surface area contributed by atoms with Crippen molar-refractivity contribution in [3.63, 3.8) is 0 Å². The highest BCUT2D eigenvalue weighted by Crippen LogP contribution is 2.46. The fourth-order valence-corrected chi connectivity index (χ4v) is 3.92. The van der Waals surface area contributed by atoms with Crippen LogP contribution in [0, 0.1) is 12.3 Å².